The maximum absolute atomic E-state index is 10.2. The van der Waals surface area contributed by atoms with Crippen LogP contribution >= 0.6 is 36.6 Å². The first kappa shape index (κ1) is 15.3. The number of rotatable bonds is 0. The van der Waals surface area contributed by atoms with Crippen LogP contribution in [0.15, 0.2) is 29.2 Å². The fourth-order valence-corrected chi connectivity index (χ4v) is 3.45. The zero-order chi connectivity index (χ0) is 11.3. The molecule has 0 spiro atoms. The normalized spacial score (nSPS) is 12.9. The monoisotopic (exact) mass is 303 g/mol. The van der Waals surface area contributed by atoms with Gasteiger partial charge >= 0.3 is 0 Å². The van der Waals surface area contributed by atoms with Crippen molar-refractivity contribution in [2.45, 2.75) is 11.8 Å². The first-order chi connectivity index (χ1) is 7.70. The van der Waals surface area contributed by atoms with E-state index in [1.165, 1.54) is 10.6 Å². The van der Waals surface area contributed by atoms with Gasteiger partial charge in [-0.05, 0) is 6.92 Å². The highest BCUT2D eigenvalue weighted by Gasteiger charge is 2.24. The molecule has 1 aliphatic rings. The highest BCUT2D eigenvalue weighted by atomic mass is 35.5. The molecule has 0 radical (unpaired) electrons. The predicted molar refractivity (Wildman–Crippen MR) is 84.0 cm³/mol. The third-order valence-corrected chi connectivity index (χ3v) is 4.44. The van der Waals surface area contributed by atoms with Crippen molar-refractivity contribution in [3.63, 3.8) is 0 Å². The van der Waals surface area contributed by atoms with Gasteiger partial charge < -0.3 is 10.0 Å². The number of aromatic hydroxyl groups is 1. The van der Waals surface area contributed by atoms with E-state index >= 15 is 0 Å². The molecule has 0 atom stereocenters. The molecule has 0 fully saturated rings. The summed E-state index contributed by atoms with van der Waals surface area (Å²) in [4.78, 5) is 3.47. The largest absolute Gasteiger partial charge is 0.507 e. The Labute approximate surface area is 123 Å². The van der Waals surface area contributed by atoms with E-state index in [1.54, 1.807) is 11.8 Å². The molecule has 0 aromatic heterocycles. The second-order valence-corrected chi connectivity index (χ2v) is 5.12. The molecule has 18 heavy (non-hydrogen) atoms. The van der Waals surface area contributed by atoms with E-state index in [0.29, 0.717) is 5.75 Å². The summed E-state index contributed by atoms with van der Waals surface area (Å²) in [6, 6.07) is 8.05. The fraction of sp³-hybridized carbons (Fsp3) is 0.231. The maximum Gasteiger partial charge on any atom is 0.127 e. The van der Waals surface area contributed by atoms with E-state index < -0.39 is 0 Å². The van der Waals surface area contributed by atoms with Crippen molar-refractivity contribution in [2.75, 3.05) is 17.8 Å². The fourth-order valence-electron chi connectivity index (χ4n) is 2.29. The Balaban J connectivity index is 0.000000810. The van der Waals surface area contributed by atoms with Crippen LogP contribution in [0.25, 0.3) is 10.8 Å². The number of benzene rings is 2. The first-order valence-corrected chi connectivity index (χ1v) is 6.27. The summed E-state index contributed by atoms with van der Waals surface area (Å²) in [6.45, 7) is 1.99. The molecule has 2 aromatic carbocycles. The number of halogens is 2. The number of hydrogen-bond donors (Lipinski definition) is 1. The van der Waals surface area contributed by atoms with Gasteiger partial charge in [-0.2, -0.15) is 0 Å². The SMILES string of the molecule is Cc1c2c(c3ccccc3c1O)N(C)CS2.Cl.Cl. The molecule has 3 rings (SSSR count). The second kappa shape index (κ2) is 5.47. The van der Waals surface area contributed by atoms with Gasteiger partial charge in [0, 0.05) is 28.3 Å². The lowest BCUT2D eigenvalue weighted by molar-refractivity contribution is 0.476. The maximum atomic E-state index is 10.2. The van der Waals surface area contributed by atoms with Gasteiger partial charge in [-0.1, -0.05) is 24.3 Å². The van der Waals surface area contributed by atoms with Gasteiger partial charge in [-0.25, -0.2) is 0 Å². The lowest BCUT2D eigenvalue weighted by Gasteiger charge is -2.16. The number of thioether (sulfide) groups is 1. The summed E-state index contributed by atoms with van der Waals surface area (Å²) in [5.41, 5.74) is 2.26. The predicted octanol–water partition coefficient (Wildman–Crippen LogP) is 4.20. The number of phenols is 1. The molecule has 0 aliphatic carbocycles. The molecule has 98 valence electrons. The number of fused-ring (bicyclic) bond motifs is 3. The lowest BCUT2D eigenvalue weighted by atomic mass is 10.0. The van der Waals surface area contributed by atoms with Crippen LogP contribution in [0.1, 0.15) is 5.56 Å². The van der Waals surface area contributed by atoms with Gasteiger partial charge in [0.1, 0.15) is 5.75 Å². The van der Waals surface area contributed by atoms with Crippen molar-refractivity contribution in [3.8, 4) is 5.75 Å². The Morgan fingerprint density at radius 2 is 1.78 bits per heavy atom. The second-order valence-electron chi connectivity index (χ2n) is 4.17. The van der Waals surface area contributed by atoms with Crippen molar-refractivity contribution in [1.29, 1.82) is 0 Å². The third kappa shape index (κ3) is 2.00. The minimum atomic E-state index is 0. The van der Waals surface area contributed by atoms with Crippen molar-refractivity contribution < 1.29 is 5.11 Å². The van der Waals surface area contributed by atoms with Crippen molar-refractivity contribution in [1.82, 2.24) is 0 Å². The Kier molecular flexibility index (Phi) is 4.65. The van der Waals surface area contributed by atoms with E-state index in [1.807, 2.05) is 25.1 Å². The summed E-state index contributed by atoms with van der Waals surface area (Å²) in [7, 11) is 2.10. The third-order valence-electron chi connectivity index (χ3n) is 3.13. The molecule has 2 nitrogen and oxygen atoms in total. The standard InChI is InChI=1S/C13H13NOS.2ClH/c1-8-12(15)10-6-4-3-5-9(10)11-13(8)16-7-14(11)2;;/h3-6,15H,7H2,1-2H3;2*1H. The molecule has 0 bridgehead atoms. The van der Waals surface area contributed by atoms with Gasteiger partial charge in [-0.3, -0.25) is 0 Å². The Bertz CT molecular complexity index is 589. The first-order valence-electron chi connectivity index (χ1n) is 5.28. The average molecular weight is 304 g/mol. The van der Waals surface area contributed by atoms with E-state index in [-0.39, 0.29) is 24.8 Å². The van der Waals surface area contributed by atoms with Crippen LogP contribution in [0, 0.1) is 6.92 Å². The molecule has 0 saturated heterocycles. The van der Waals surface area contributed by atoms with Crippen molar-refractivity contribution in [3.05, 3.63) is 29.8 Å². The van der Waals surface area contributed by atoms with Crippen LogP contribution in [0.2, 0.25) is 0 Å². The molecule has 0 unspecified atom stereocenters. The number of phenolic OH excluding ortho intramolecular Hbond substituents is 1. The Morgan fingerprint density at radius 1 is 1.17 bits per heavy atom. The van der Waals surface area contributed by atoms with Crippen LogP contribution in [-0.2, 0) is 0 Å². The number of nitrogens with zero attached hydrogens (tertiary/aromatic N) is 1. The summed E-state index contributed by atoms with van der Waals surface area (Å²) in [5.74, 6) is 1.39. The van der Waals surface area contributed by atoms with E-state index in [9.17, 15) is 5.11 Å². The molecular weight excluding hydrogens is 289 g/mol. The van der Waals surface area contributed by atoms with Crippen LogP contribution in [0.4, 0.5) is 5.69 Å². The van der Waals surface area contributed by atoms with Crippen LogP contribution in [0.3, 0.4) is 0 Å². The zero-order valence-electron chi connectivity index (χ0n) is 10.1. The summed E-state index contributed by atoms with van der Waals surface area (Å²) < 4.78 is 0. The van der Waals surface area contributed by atoms with Crippen molar-refractivity contribution >= 4 is 53.0 Å². The van der Waals surface area contributed by atoms with Crippen LogP contribution in [-0.4, -0.2) is 18.0 Å². The molecule has 1 heterocycles. The molecule has 0 amide bonds. The zero-order valence-corrected chi connectivity index (χ0v) is 12.6. The average Bonchev–Trinajstić information content (AvgIpc) is 2.69. The van der Waals surface area contributed by atoms with Crippen LogP contribution in [0.5, 0.6) is 5.75 Å². The molecule has 0 saturated carbocycles. The van der Waals surface area contributed by atoms with Gasteiger partial charge in [0.25, 0.3) is 0 Å². The topological polar surface area (TPSA) is 23.5 Å². The van der Waals surface area contributed by atoms with Crippen molar-refractivity contribution in [2.24, 2.45) is 0 Å². The van der Waals surface area contributed by atoms with E-state index in [4.69, 9.17) is 0 Å². The molecular formula is C13H15Cl2NOS. The number of anilines is 1. The molecule has 2 aromatic rings. The quantitative estimate of drug-likeness (QED) is 0.789. The smallest absolute Gasteiger partial charge is 0.127 e. The van der Waals surface area contributed by atoms with Gasteiger partial charge in [0.15, 0.2) is 0 Å². The summed E-state index contributed by atoms with van der Waals surface area (Å²) in [6.07, 6.45) is 0. The molecule has 1 N–H and O–H groups in total. The molecule has 1 aliphatic heterocycles. The lowest BCUT2D eigenvalue weighted by Crippen LogP contribution is -2.11. The minimum absolute atomic E-state index is 0. The number of hydrogen-bond acceptors (Lipinski definition) is 3. The van der Waals surface area contributed by atoms with E-state index in [2.05, 4.69) is 18.0 Å². The van der Waals surface area contributed by atoms with Gasteiger partial charge in [0.2, 0.25) is 0 Å². The highest BCUT2D eigenvalue weighted by molar-refractivity contribution is 8.00. The molecule has 5 heteroatoms. The summed E-state index contributed by atoms with van der Waals surface area (Å²) >= 11 is 1.80. The Hall–Kier alpha value is -0.770. The van der Waals surface area contributed by atoms with Gasteiger partial charge in [-0.15, -0.1) is 36.6 Å². The van der Waals surface area contributed by atoms with Crippen LogP contribution < -0.4 is 4.90 Å². The van der Waals surface area contributed by atoms with E-state index in [0.717, 1.165) is 22.2 Å². The minimum Gasteiger partial charge on any atom is -0.507 e. The van der Waals surface area contributed by atoms with Gasteiger partial charge in [0.05, 0.1) is 11.6 Å². The highest BCUT2D eigenvalue weighted by Crippen LogP contribution is 2.48. The summed E-state index contributed by atoms with van der Waals surface area (Å²) in [5, 5.41) is 12.3. The Morgan fingerprint density at radius 3 is 2.44 bits per heavy atom.